The highest BCUT2D eigenvalue weighted by molar-refractivity contribution is 7.92. The summed E-state index contributed by atoms with van der Waals surface area (Å²) < 4.78 is 52.7. The summed E-state index contributed by atoms with van der Waals surface area (Å²) in [6, 6.07) is 7.81. The van der Waals surface area contributed by atoms with Crippen LogP contribution < -0.4 is 9.21 Å². The van der Waals surface area contributed by atoms with Crippen LogP contribution in [0.2, 0.25) is 0 Å². The van der Waals surface area contributed by atoms with Crippen LogP contribution in [0.25, 0.3) is 0 Å². The van der Waals surface area contributed by atoms with Crippen LogP contribution in [-0.2, 0) is 14.8 Å². The van der Waals surface area contributed by atoms with Crippen molar-refractivity contribution in [1.82, 2.24) is 4.90 Å². The lowest BCUT2D eigenvalue weighted by atomic mass is 10.1. The third-order valence-electron chi connectivity index (χ3n) is 5.73. The van der Waals surface area contributed by atoms with E-state index < -0.39 is 27.7 Å². The fourth-order valence-corrected chi connectivity index (χ4v) is 5.10. The highest BCUT2D eigenvalue weighted by Gasteiger charge is 2.34. The number of nitrogens with zero attached hydrogens (tertiary/aromatic N) is 3. The second-order valence-electron chi connectivity index (χ2n) is 7.86. The van der Waals surface area contributed by atoms with E-state index in [1.54, 1.807) is 4.90 Å². The van der Waals surface area contributed by atoms with Crippen LogP contribution in [0, 0.1) is 25.5 Å². The molecule has 0 aromatic heterocycles. The molecule has 9 heteroatoms. The number of rotatable bonds is 5. The van der Waals surface area contributed by atoms with Crippen LogP contribution in [0.15, 0.2) is 36.4 Å². The first-order chi connectivity index (χ1) is 14.5. The summed E-state index contributed by atoms with van der Waals surface area (Å²) >= 11 is 0. The van der Waals surface area contributed by atoms with E-state index in [1.807, 2.05) is 6.07 Å². The number of carbonyl (C=O) groups excluding carboxylic acids is 1. The predicted molar refractivity (Wildman–Crippen MR) is 118 cm³/mol. The maximum absolute atomic E-state index is 13.7. The Balaban J connectivity index is 1.77. The summed E-state index contributed by atoms with van der Waals surface area (Å²) in [5.74, 6) is -2.64. The number of carbonyl (C=O) groups is 1. The molecule has 2 aromatic carbocycles. The Morgan fingerprint density at radius 3 is 2.26 bits per heavy atom. The summed E-state index contributed by atoms with van der Waals surface area (Å²) in [6.45, 7) is 7.69. The lowest BCUT2D eigenvalue weighted by Crippen LogP contribution is -2.55. The maximum Gasteiger partial charge on any atom is 0.246 e. The summed E-state index contributed by atoms with van der Waals surface area (Å²) in [5, 5.41) is 0. The molecule has 0 aliphatic carbocycles. The average Bonchev–Trinajstić information content (AvgIpc) is 2.71. The topological polar surface area (TPSA) is 60.9 Å². The van der Waals surface area contributed by atoms with E-state index in [9.17, 15) is 22.0 Å². The van der Waals surface area contributed by atoms with E-state index in [0.717, 1.165) is 34.4 Å². The second kappa shape index (κ2) is 8.82. The fraction of sp³-hybridized carbons (Fsp3) is 0.409. The number of amides is 1. The maximum atomic E-state index is 13.7. The highest BCUT2D eigenvalue weighted by Crippen LogP contribution is 2.26. The van der Waals surface area contributed by atoms with E-state index in [-0.39, 0.29) is 11.6 Å². The minimum absolute atomic E-state index is 0.0868. The standard InChI is InChI=1S/C22H27F2N3O3S/c1-15-6-5-7-21(16(15)2)25-10-12-26(13-11-25)22(28)17(3)27(31(4,29)30)18-8-9-19(23)20(24)14-18/h5-9,14,17H,10-13H2,1-4H3/t17-/m1/s1. The number of piperazine rings is 1. The van der Waals surface area contributed by atoms with Crippen molar-refractivity contribution >= 4 is 27.3 Å². The normalized spacial score (nSPS) is 15.7. The van der Waals surface area contributed by atoms with Gasteiger partial charge in [0, 0.05) is 37.9 Å². The largest absolute Gasteiger partial charge is 0.368 e. The van der Waals surface area contributed by atoms with Crippen molar-refractivity contribution < 1.29 is 22.0 Å². The molecule has 1 aliphatic heterocycles. The minimum Gasteiger partial charge on any atom is -0.368 e. The number of aryl methyl sites for hydroxylation is 1. The molecule has 1 amide bonds. The first-order valence-corrected chi connectivity index (χ1v) is 11.9. The van der Waals surface area contributed by atoms with E-state index in [0.29, 0.717) is 26.2 Å². The van der Waals surface area contributed by atoms with Gasteiger partial charge in [-0.05, 0) is 50.1 Å². The summed E-state index contributed by atoms with van der Waals surface area (Å²) in [5.41, 5.74) is 3.42. The van der Waals surface area contributed by atoms with Crippen molar-refractivity contribution in [3.8, 4) is 0 Å². The molecule has 1 heterocycles. The van der Waals surface area contributed by atoms with Crippen LogP contribution in [-0.4, -0.2) is 57.7 Å². The van der Waals surface area contributed by atoms with Crippen LogP contribution in [0.5, 0.6) is 0 Å². The van der Waals surface area contributed by atoms with Crippen molar-refractivity contribution in [3.05, 3.63) is 59.2 Å². The van der Waals surface area contributed by atoms with Gasteiger partial charge in [-0.2, -0.15) is 0 Å². The van der Waals surface area contributed by atoms with Crippen LogP contribution in [0.4, 0.5) is 20.2 Å². The Morgan fingerprint density at radius 2 is 1.68 bits per heavy atom. The van der Waals surface area contributed by atoms with Crippen molar-refractivity contribution in [2.45, 2.75) is 26.8 Å². The predicted octanol–water partition coefficient (Wildman–Crippen LogP) is 3.08. The molecule has 0 N–H and O–H groups in total. The third-order valence-corrected chi connectivity index (χ3v) is 6.97. The van der Waals surface area contributed by atoms with Gasteiger partial charge in [-0.1, -0.05) is 12.1 Å². The Kier molecular flexibility index (Phi) is 6.54. The van der Waals surface area contributed by atoms with Crippen LogP contribution >= 0.6 is 0 Å². The molecule has 1 fully saturated rings. The van der Waals surface area contributed by atoms with E-state index >= 15 is 0 Å². The van der Waals surface area contributed by atoms with Gasteiger partial charge in [0.2, 0.25) is 15.9 Å². The molecule has 3 rings (SSSR count). The fourth-order valence-electron chi connectivity index (χ4n) is 3.93. The molecule has 1 saturated heterocycles. The first kappa shape index (κ1) is 23.0. The van der Waals surface area contributed by atoms with Crippen molar-refractivity contribution in [3.63, 3.8) is 0 Å². The molecule has 0 spiro atoms. The average molecular weight is 452 g/mol. The molecule has 168 valence electrons. The monoisotopic (exact) mass is 451 g/mol. The molecule has 2 aromatic rings. The second-order valence-corrected chi connectivity index (χ2v) is 9.72. The Bertz CT molecular complexity index is 1080. The molecular weight excluding hydrogens is 424 g/mol. The molecule has 0 unspecified atom stereocenters. The Hall–Kier alpha value is -2.68. The lowest BCUT2D eigenvalue weighted by Gasteiger charge is -2.39. The zero-order valence-electron chi connectivity index (χ0n) is 18.1. The summed E-state index contributed by atoms with van der Waals surface area (Å²) in [4.78, 5) is 16.9. The van der Waals surface area contributed by atoms with Gasteiger partial charge in [-0.15, -0.1) is 0 Å². The van der Waals surface area contributed by atoms with E-state index in [1.165, 1.54) is 18.1 Å². The first-order valence-electron chi connectivity index (χ1n) is 10.0. The van der Waals surface area contributed by atoms with Gasteiger partial charge in [-0.3, -0.25) is 9.10 Å². The number of hydrogen-bond donors (Lipinski definition) is 0. The quantitative estimate of drug-likeness (QED) is 0.701. The van der Waals surface area contributed by atoms with Gasteiger partial charge in [0.25, 0.3) is 0 Å². The molecule has 0 radical (unpaired) electrons. The van der Waals surface area contributed by atoms with Gasteiger partial charge < -0.3 is 9.80 Å². The minimum atomic E-state index is -3.91. The van der Waals surface area contributed by atoms with Gasteiger partial charge >= 0.3 is 0 Å². The van der Waals surface area contributed by atoms with Crippen molar-refractivity contribution in [1.29, 1.82) is 0 Å². The van der Waals surface area contributed by atoms with Gasteiger partial charge in [0.15, 0.2) is 11.6 Å². The number of benzene rings is 2. The van der Waals surface area contributed by atoms with Gasteiger partial charge in [0.05, 0.1) is 11.9 Å². The summed E-state index contributed by atoms with van der Waals surface area (Å²) in [7, 11) is -3.91. The SMILES string of the molecule is Cc1cccc(N2CCN(C(=O)[C@@H](C)N(c3ccc(F)c(F)c3)S(C)(=O)=O)CC2)c1C. The molecular formula is C22H27F2N3O3S. The van der Waals surface area contributed by atoms with Crippen LogP contribution in [0.1, 0.15) is 18.1 Å². The number of anilines is 2. The zero-order valence-corrected chi connectivity index (χ0v) is 18.9. The Labute approximate surface area is 182 Å². The number of sulfonamides is 1. The van der Waals surface area contributed by atoms with E-state index in [4.69, 9.17) is 0 Å². The smallest absolute Gasteiger partial charge is 0.246 e. The zero-order chi connectivity index (χ0) is 22.9. The molecule has 6 nitrogen and oxygen atoms in total. The highest BCUT2D eigenvalue weighted by atomic mass is 32.2. The van der Waals surface area contributed by atoms with Gasteiger partial charge in [0.1, 0.15) is 6.04 Å². The Morgan fingerprint density at radius 1 is 1.03 bits per heavy atom. The van der Waals surface area contributed by atoms with Crippen LogP contribution in [0.3, 0.4) is 0 Å². The molecule has 1 aliphatic rings. The molecule has 1 atom stereocenters. The lowest BCUT2D eigenvalue weighted by molar-refractivity contribution is -0.132. The van der Waals surface area contributed by atoms with Crippen molar-refractivity contribution in [2.75, 3.05) is 41.6 Å². The van der Waals surface area contributed by atoms with Crippen molar-refractivity contribution in [2.24, 2.45) is 0 Å². The molecule has 0 bridgehead atoms. The third kappa shape index (κ3) is 4.81. The van der Waals surface area contributed by atoms with Gasteiger partial charge in [-0.25, -0.2) is 17.2 Å². The number of halogens is 2. The van der Waals surface area contributed by atoms with E-state index in [2.05, 4.69) is 30.9 Å². The molecule has 0 saturated carbocycles. The molecule has 31 heavy (non-hydrogen) atoms. The number of hydrogen-bond acceptors (Lipinski definition) is 4. The summed E-state index contributed by atoms with van der Waals surface area (Å²) in [6.07, 6.45) is 0.941.